The second-order valence-corrected chi connectivity index (χ2v) is 8.39. The Morgan fingerprint density at radius 1 is 0.938 bits per heavy atom. The lowest BCUT2D eigenvalue weighted by molar-refractivity contribution is 0.0618. The van der Waals surface area contributed by atoms with E-state index in [1.807, 2.05) is 36.4 Å². The fourth-order valence-corrected chi connectivity index (χ4v) is 3.28. The van der Waals surface area contributed by atoms with Crippen LogP contribution in [-0.2, 0) is 5.41 Å². The van der Waals surface area contributed by atoms with Gasteiger partial charge >= 0.3 is 0 Å². The number of ketones is 1. The molecule has 0 bridgehead atoms. The molecule has 0 aliphatic rings. The third kappa shape index (κ3) is 5.68. The number of rotatable bonds is 10. The molecule has 2 N–H and O–H groups in total. The van der Waals surface area contributed by atoms with Crippen molar-refractivity contribution < 1.29 is 24.5 Å². The normalized spacial score (nSPS) is 12.2. The van der Waals surface area contributed by atoms with Crippen LogP contribution in [0, 0.1) is 0 Å². The van der Waals surface area contributed by atoms with Crippen LogP contribution in [0.5, 0.6) is 17.2 Å². The monoisotopic (exact) mass is 434 g/mol. The van der Waals surface area contributed by atoms with Crippen LogP contribution in [0.4, 0.5) is 0 Å². The van der Waals surface area contributed by atoms with Gasteiger partial charge in [-0.15, -0.1) is 0 Å². The quantitative estimate of drug-likeness (QED) is 0.433. The Morgan fingerprint density at radius 3 is 2.16 bits per heavy atom. The number of hydrogen-bond acceptors (Lipinski definition) is 5. The number of para-hydroxylation sites is 1. The minimum atomic E-state index is -0.861. The highest BCUT2D eigenvalue weighted by atomic mass is 16.5. The van der Waals surface area contributed by atoms with E-state index in [2.05, 4.69) is 20.8 Å². The summed E-state index contributed by atoms with van der Waals surface area (Å²) >= 11 is 0. The summed E-state index contributed by atoms with van der Waals surface area (Å²) in [6.07, 6.45) is -0.0622. The Labute approximate surface area is 189 Å². The summed E-state index contributed by atoms with van der Waals surface area (Å²) in [5.74, 6) is 0.706. The van der Waals surface area contributed by atoms with Crippen LogP contribution in [0.2, 0.25) is 0 Å². The van der Waals surface area contributed by atoms with E-state index < -0.39 is 6.10 Å². The molecule has 1 atom stereocenters. The van der Waals surface area contributed by atoms with Crippen LogP contribution < -0.4 is 9.47 Å². The first-order chi connectivity index (χ1) is 15.3. The van der Waals surface area contributed by atoms with Crippen molar-refractivity contribution in [2.24, 2.45) is 0 Å². The number of aromatic hydroxyl groups is 1. The molecule has 3 aromatic carbocycles. The Hall–Kier alpha value is -3.31. The predicted molar refractivity (Wildman–Crippen MR) is 125 cm³/mol. The molecule has 0 heterocycles. The van der Waals surface area contributed by atoms with E-state index in [-0.39, 0.29) is 35.7 Å². The van der Waals surface area contributed by atoms with Crippen molar-refractivity contribution in [1.82, 2.24) is 0 Å². The molecule has 0 spiro atoms. The molecule has 0 saturated carbocycles. The van der Waals surface area contributed by atoms with Crippen molar-refractivity contribution in [1.29, 1.82) is 0 Å². The third-order valence-corrected chi connectivity index (χ3v) is 5.61. The average Bonchev–Trinajstić information content (AvgIpc) is 2.82. The molecule has 3 aromatic rings. The summed E-state index contributed by atoms with van der Waals surface area (Å²) in [4.78, 5) is 13.0. The first kappa shape index (κ1) is 23.4. The highest BCUT2D eigenvalue weighted by Crippen LogP contribution is 2.39. The summed E-state index contributed by atoms with van der Waals surface area (Å²) < 4.78 is 11.5. The van der Waals surface area contributed by atoms with E-state index >= 15 is 0 Å². The minimum absolute atomic E-state index is 0.00888. The zero-order valence-corrected chi connectivity index (χ0v) is 18.7. The topological polar surface area (TPSA) is 76.0 Å². The molecular weight excluding hydrogens is 404 g/mol. The standard InChI is InChI=1S/C27H30O5/c1-4-27(2,3)23-15-22(26(30)19-11-7-5-8-12-19)24(29)16-25(23)32-18-20(28)17-31-21-13-9-6-10-14-21/h5-16,20,28-29H,4,17-18H2,1-3H3. The number of hydrogen-bond donors (Lipinski definition) is 2. The molecule has 5 nitrogen and oxygen atoms in total. The van der Waals surface area contributed by atoms with Gasteiger partial charge in [-0.2, -0.15) is 0 Å². The number of carbonyl (C=O) groups is 1. The second kappa shape index (κ2) is 10.3. The summed E-state index contributed by atoms with van der Waals surface area (Å²) in [5.41, 5.74) is 1.23. The van der Waals surface area contributed by atoms with Crippen molar-refractivity contribution >= 4 is 5.78 Å². The first-order valence-electron chi connectivity index (χ1n) is 10.8. The molecule has 5 heteroatoms. The maximum Gasteiger partial charge on any atom is 0.196 e. The Morgan fingerprint density at radius 2 is 1.53 bits per heavy atom. The zero-order valence-electron chi connectivity index (χ0n) is 18.7. The molecule has 0 fully saturated rings. The van der Waals surface area contributed by atoms with Crippen molar-refractivity contribution in [3.63, 3.8) is 0 Å². The van der Waals surface area contributed by atoms with Gasteiger partial charge in [-0.1, -0.05) is 69.3 Å². The van der Waals surface area contributed by atoms with Crippen molar-refractivity contribution in [2.45, 2.75) is 38.7 Å². The molecule has 0 aliphatic carbocycles. The van der Waals surface area contributed by atoms with Crippen LogP contribution in [0.15, 0.2) is 72.8 Å². The second-order valence-electron chi connectivity index (χ2n) is 8.39. The van der Waals surface area contributed by atoms with Gasteiger partial charge in [0.2, 0.25) is 0 Å². The lowest BCUT2D eigenvalue weighted by Crippen LogP contribution is -2.26. The molecule has 1 unspecified atom stereocenters. The van der Waals surface area contributed by atoms with E-state index in [0.717, 1.165) is 12.0 Å². The maximum absolute atomic E-state index is 13.0. The lowest BCUT2D eigenvalue weighted by atomic mass is 9.80. The van der Waals surface area contributed by atoms with Gasteiger partial charge < -0.3 is 19.7 Å². The predicted octanol–water partition coefficient (Wildman–Crippen LogP) is 5.13. The number of aliphatic hydroxyl groups is 1. The van der Waals surface area contributed by atoms with Gasteiger partial charge in [-0.3, -0.25) is 4.79 Å². The summed E-state index contributed by atoms with van der Waals surface area (Å²) in [6, 6.07) is 21.3. The molecule has 3 rings (SSSR count). The SMILES string of the molecule is CCC(C)(C)c1cc(C(=O)c2ccccc2)c(O)cc1OCC(O)COc1ccccc1. The van der Waals surface area contributed by atoms with E-state index in [0.29, 0.717) is 17.1 Å². The molecule has 0 saturated heterocycles. The van der Waals surface area contributed by atoms with Crippen molar-refractivity contribution in [3.8, 4) is 17.2 Å². The van der Waals surface area contributed by atoms with Crippen LogP contribution in [-0.4, -0.2) is 35.3 Å². The maximum atomic E-state index is 13.0. The third-order valence-electron chi connectivity index (χ3n) is 5.61. The van der Waals surface area contributed by atoms with E-state index in [1.165, 1.54) is 6.07 Å². The van der Waals surface area contributed by atoms with Gasteiger partial charge in [0.05, 0.1) is 5.56 Å². The van der Waals surface area contributed by atoms with Gasteiger partial charge in [0.15, 0.2) is 5.78 Å². The lowest BCUT2D eigenvalue weighted by Gasteiger charge is -2.27. The minimum Gasteiger partial charge on any atom is -0.507 e. The van der Waals surface area contributed by atoms with Gasteiger partial charge in [0, 0.05) is 17.2 Å². The van der Waals surface area contributed by atoms with Gasteiger partial charge in [0.1, 0.15) is 36.6 Å². The number of aliphatic hydroxyl groups excluding tert-OH is 1. The Balaban J connectivity index is 1.80. The number of ether oxygens (including phenoxy) is 2. The highest BCUT2D eigenvalue weighted by Gasteiger charge is 2.27. The van der Waals surface area contributed by atoms with Gasteiger partial charge in [0.25, 0.3) is 0 Å². The largest absolute Gasteiger partial charge is 0.507 e. The molecule has 0 amide bonds. The van der Waals surface area contributed by atoms with Crippen LogP contribution in [0.1, 0.15) is 48.7 Å². The number of benzene rings is 3. The van der Waals surface area contributed by atoms with Gasteiger partial charge in [-0.25, -0.2) is 0 Å². The number of phenols is 1. The van der Waals surface area contributed by atoms with Crippen LogP contribution >= 0.6 is 0 Å². The van der Waals surface area contributed by atoms with Crippen molar-refractivity contribution in [2.75, 3.05) is 13.2 Å². The fourth-order valence-electron chi connectivity index (χ4n) is 3.28. The average molecular weight is 435 g/mol. The molecular formula is C27H30O5. The van der Waals surface area contributed by atoms with E-state index in [1.54, 1.807) is 30.3 Å². The highest BCUT2D eigenvalue weighted by molar-refractivity contribution is 6.10. The first-order valence-corrected chi connectivity index (χ1v) is 10.8. The number of carbonyl (C=O) groups excluding carboxylic acids is 1. The molecule has 0 radical (unpaired) electrons. The Kier molecular flexibility index (Phi) is 7.54. The van der Waals surface area contributed by atoms with E-state index in [4.69, 9.17) is 9.47 Å². The summed E-state index contributed by atoms with van der Waals surface area (Å²) in [7, 11) is 0. The fraction of sp³-hybridized carbons (Fsp3) is 0.296. The van der Waals surface area contributed by atoms with E-state index in [9.17, 15) is 15.0 Å². The summed E-state index contributed by atoms with van der Waals surface area (Å²) in [5, 5.41) is 20.9. The van der Waals surface area contributed by atoms with Crippen LogP contribution in [0.3, 0.4) is 0 Å². The van der Waals surface area contributed by atoms with Gasteiger partial charge in [-0.05, 0) is 30.0 Å². The smallest absolute Gasteiger partial charge is 0.196 e. The zero-order chi connectivity index (χ0) is 23.1. The Bertz CT molecular complexity index is 1030. The number of phenolic OH excluding ortho intramolecular Hbond substituents is 1. The van der Waals surface area contributed by atoms with Crippen LogP contribution in [0.25, 0.3) is 0 Å². The molecule has 0 aliphatic heterocycles. The summed E-state index contributed by atoms with van der Waals surface area (Å²) in [6.45, 7) is 6.23. The molecule has 32 heavy (non-hydrogen) atoms. The van der Waals surface area contributed by atoms with Crippen molar-refractivity contribution in [3.05, 3.63) is 89.5 Å². The molecule has 168 valence electrons. The molecule has 0 aromatic heterocycles.